The molecule has 1 aromatic carbocycles. The average Bonchev–Trinajstić information content (AvgIpc) is 1.88. The van der Waals surface area contributed by atoms with E-state index in [2.05, 4.69) is 15.9 Å². The molecule has 0 saturated heterocycles. The van der Waals surface area contributed by atoms with Gasteiger partial charge in [-0.15, -0.1) is 0 Å². The number of benzene rings is 1. The van der Waals surface area contributed by atoms with Crippen molar-refractivity contribution in [3.63, 3.8) is 0 Å². The van der Waals surface area contributed by atoms with Crippen LogP contribution < -0.4 is 5.41 Å². The van der Waals surface area contributed by atoms with Crippen LogP contribution >= 0.6 is 15.9 Å². The molecule has 0 fully saturated rings. The van der Waals surface area contributed by atoms with Crippen LogP contribution in [0.5, 0.6) is 0 Å². The standard InChI is InChI=1S/C8H8BrN/c1-6(10)7-2-4-8(9)5-3-7/h2-5,10H,1H3/p+1. The molecule has 0 spiro atoms. The highest BCUT2D eigenvalue weighted by molar-refractivity contribution is 9.10. The Morgan fingerprint density at radius 3 is 2.20 bits per heavy atom. The summed E-state index contributed by atoms with van der Waals surface area (Å²) in [6.45, 7) is 1.89. The van der Waals surface area contributed by atoms with E-state index in [1.807, 2.05) is 31.2 Å². The molecule has 0 amide bonds. The van der Waals surface area contributed by atoms with E-state index < -0.39 is 0 Å². The summed E-state index contributed by atoms with van der Waals surface area (Å²) >= 11 is 3.34. The molecule has 0 unspecified atom stereocenters. The Morgan fingerprint density at radius 1 is 1.30 bits per heavy atom. The molecule has 1 aromatic rings. The fourth-order valence-electron chi connectivity index (χ4n) is 0.713. The van der Waals surface area contributed by atoms with Crippen molar-refractivity contribution in [3.8, 4) is 0 Å². The fourth-order valence-corrected chi connectivity index (χ4v) is 0.977. The molecular weight excluding hydrogens is 190 g/mol. The molecule has 1 nitrogen and oxygen atoms in total. The lowest BCUT2D eigenvalue weighted by atomic mass is 10.1. The Bertz CT molecular complexity index is 238. The first kappa shape index (κ1) is 7.48. The van der Waals surface area contributed by atoms with E-state index in [-0.39, 0.29) is 0 Å². The van der Waals surface area contributed by atoms with Crippen molar-refractivity contribution < 1.29 is 5.41 Å². The van der Waals surface area contributed by atoms with E-state index in [1.165, 1.54) is 0 Å². The van der Waals surface area contributed by atoms with Gasteiger partial charge in [-0.1, -0.05) is 15.9 Å². The van der Waals surface area contributed by atoms with Crippen LogP contribution in [0.3, 0.4) is 0 Å². The molecule has 10 heavy (non-hydrogen) atoms. The molecule has 0 aliphatic rings. The zero-order chi connectivity index (χ0) is 7.56. The van der Waals surface area contributed by atoms with Gasteiger partial charge >= 0.3 is 0 Å². The monoisotopic (exact) mass is 198 g/mol. The highest BCUT2D eigenvalue weighted by atomic mass is 79.9. The minimum absolute atomic E-state index is 0.854. The molecule has 1 rings (SSSR count). The number of halogens is 1. The molecule has 0 aliphatic heterocycles. The van der Waals surface area contributed by atoms with E-state index in [0.717, 1.165) is 15.7 Å². The third-order valence-corrected chi connectivity index (χ3v) is 1.83. The van der Waals surface area contributed by atoms with Crippen LogP contribution in [0.4, 0.5) is 0 Å². The molecule has 52 valence electrons. The Labute approximate surface area is 68.7 Å². The van der Waals surface area contributed by atoms with Gasteiger partial charge in [-0.2, -0.15) is 0 Å². The first-order valence-corrected chi connectivity index (χ1v) is 3.84. The topological polar surface area (TPSA) is 25.6 Å². The van der Waals surface area contributed by atoms with Crippen LogP contribution in [-0.4, -0.2) is 5.71 Å². The minimum Gasteiger partial charge on any atom is -0.258 e. The summed E-state index contributed by atoms with van der Waals surface area (Å²) in [5.41, 5.74) is 1.94. The molecule has 0 heterocycles. The maximum atomic E-state index is 5.57. The first-order valence-electron chi connectivity index (χ1n) is 3.05. The largest absolute Gasteiger partial charge is 0.258 e. The summed E-state index contributed by atoms with van der Waals surface area (Å²) < 4.78 is 1.08. The minimum atomic E-state index is 0.854. The second-order valence-electron chi connectivity index (χ2n) is 2.19. The van der Waals surface area contributed by atoms with Gasteiger partial charge in [0.15, 0.2) is 5.71 Å². The van der Waals surface area contributed by atoms with Crippen molar-refractivity contribution in [1.29, 1.82) is 0 Å². The van der Waals surface area contributed by atoms with Crippen molar-refractivity contribution in [2.24, 2.45) is 0 Å². The highest BCUT2D eigenvalue weighted by Crippen LogP contribution is 2.09. The summed E-state index contributed by atoms with van der Waals surface area (Å²) in [5, 5.41) is 5.57. The molecule has 0 atom stereocenters. The second-order valence-corrected chi connectivity index (χ2v) is 3.11. The average molecular weight is 199 g/mol. The van der Waals surface area contributed by atoms with Crippen LogP contribution in [0.1, 0.15) is 12.5 Å². The quantitative estimate of drug-likeness (QED) is 0.653. The zero-order valence-corrected chi connectivity index (χ0v) is 7.35. The summed E-state index contributed by atoms with van der Waals surface area (Å²) in [4.78, 5) is 0. The van der Waals surface area contributed by atoms with Crippen molar-refractivity contribution in [1.82, 2.24) is 0 Å². The first-order chi connectivity index (χ1) is 4.70. The Balaban J connectivity index is 3.00. The van der Waals surface area contributed by atoms with E-state index in [1.54, 1.807) is 0 Å². The van der Waals surface area contributed by atoms with Crippen LogP contribution in [0.25, 0.3) is 0 Å². The van der Waals surface area contributed by atoms with Gasteiger partial charge in [-0.25, -0.2) is 0 Å². The van der Waals surface area contributed by atoms with Crippen molar-refractivity contribution in [2.45, 2.75) is 6.92 Å². The van der Waals surface area contributed by atoms with Gasteiger partial charge < -0.3 is 0 Å². The number of hydrogen-bond acceptors (Lipinski definition) is 0. The van der Waals surface area contributed by atoms with Crippen LogP contribution in [0.15, 0.2) is 28.7 Å². The lowest BCUT2D eigenvalue weighted by Gasteiger charge is -1.91. The molecular formula is C8H9BrN+. The maximum absolute atomic E-state index is 5.57. The van der Waals surface area contributed by atoms with E-state index in [4.69, 9.17) is 5.41 Å². The normalized spacial score (nSPS) is 9.40. The predicted molar refractivity (Wildman–Crippen MR) is 45.9 cm³/mol. The van der Waals surface area contributed by atoms with Gasteiger partial charge in [0.2, 0.25) is 0 Å². The van der Waals surface area contributed by atoms with Gasteiger partial charge in [0.1, 0.15) is 0 Å². The third kappa shape index (κ3) is 1.67. The van der Waals surface area contributed by atoms with Crippen molar-refractivity contribution in [3.05, 3.63) is 34.3 Å². The Hall–Kier alpha value is -0.630. The number of hydrogen-bond donors (Lipinski definition) is 1. The predicted octanol–water partition coefficient (Wildman–Crippen LogP) is 1.02. The maximum Gasteiger partial charge on any atom is 0.176 e. The lowest BCUT2D eigenvalue weighted by molar-refractivity contribution is -0.113. The summed E-state index contributed by atoms with van der Waals surface area (Å²) in [7, 11) is 0. The van der Waals surface area contributed by atoms with Crippen molar-refractivity contribution in [2.75, 3.05) is 0 Å². The Morgan fingerprint density at radius 2 is 1.80 bits per heavy atom. The van der Waals surface area contributed by atoms with Crippen LogP contribution in [-0.2, 0) is 0 Å². The number of rotatable bonds is 1. The van der Waals surface area contributed by atoms with Gasteiger partial charge in [0, 0.05) is 17.0 Å². The van der Waals surface area contributed by atoms with E-state index in [0.29, 0.717) is 0 Å². The summed E-state index contributed by atoms with van der Waals surface area (Å²) in [5.74, 6) is 0. The highest BCUT2D eigenvalue weighted by Gasteiger charge is 1.96. The third-order valence-electron chi connectivity index (χ3n) is 1.30. The summed E-state index contributed by atoms with van der Waals surface area (Å²) in [6.07, 6.45) is 0. The van der Waals surface area contributed by atoms with Crippen LogP contribution in [0, 0.1) is 0 Å². The second kappa shape index (κ2) is 2.97. The molecule has 0 bridgehead atoms. The smallest absolute Gasteiger partial charge is 0.176 e. The molecule has 0 aliphatic carbocycles. The van der Waals surface area contributed by atoms with E-state index in [9.17, 15) is 0 Å². The molecule has 2 heteroatoms. The molecule has 0 radical (unpaired) electrons. The molecule has 0 saturated carbocycles. The SMILES string of the molecule is CC(=[NH2+])c1ccc(Br)cc1. The van der Waals surface area contributed by atoms with Gasteiger partial charge in [-0.05, 0) is 24.3 Å². The molecule has 0 aromatic heterocycles. The number of nitrogens with two attached hydrogens (primary N) is 1. The fraction of sp³-hybridized carbons (Fsp3) is 0.125. The Kier molecular flexibility index (Phi) is 2.22. The van der Waals surface area contributed by atoms with Gasteiger partial charge in [0.25, 0.3) is 0 Å². The molecule has 2 N–H and O–H groups in total. The summed E-state index contributed by atoms with van der Waals surface area (Å²) in [6, 6.07) is 7.93. The van der Waals surface area contributed by atoms with E-state index >= 15 is 0 Å². The lowest BCUT2D eigenvalue weighted by Crippen LogP contribution is -2.37. The van der Waals surface area contributed by atoms with Crippen molar-refractivity contribution >= 4 is 21.6 Å². The van der Waals surface area contributed by atoms with Gasteiger partial charge in [0.05, 0.1) is 0 Å². The zero-order valence-electron chi connectivity index (χ0n) is 5.76. The van der Waals surface area contributed by atoms with Gasteiger partial charge in [-0.3, -0.25) is 5.41 Å². The van der Waals surface area contributed by atoms with Crippen LogP contribution in [0.2, 0.25) is 0 Å².